The molecule has 1 aliphatic carbocycles. The molecule has 1 spiro atoms. The summed E-state index contributed by atoms with van der Waals surface area (Å²) in [5.41, 5.74) is 1.25. The van der Waals surface area contributed by atoms with Crippen molar-refractivity contribution in [2.24, 2.45) is 5.41 Å². The molecular weight excluding hydrogens is 640 g/mol. The second-order valence-corrected chi connectivity index (χ2v) is 14.8. The first-order valence-corrected chi connectivity index (χ1v) is 16.6. The summed E-state index contributed by atoms with van der Waals surface area (Å²) >= 11 is 0. The number of hydrogen-bond donors (Lipinski definition) is 2. The van der Waals surface area contributed by atoms with Crippen LogP contribution in [0.3, 0.4) is 0 Å². The van der Waals surface area contributed by atoms with Gasteiger partial charge in [0.15, 0.2) is 17.4 Å². The maximum absolute atomic E-state index is 16.9. The largest absolute Gasteiger partial charge is 0.487 e. The minimum Gasteiger partial charge on any atom is -0.487 e. The van der Waals surface area contributed by atoms with Crippen molar-refractivity contribution in [2.45, 2.75) is 87.9 Å². The molecule has 48 heavy (non-hydrogen) atoms. The van der Waals surface area contributed by atoms with E-state index in [1.807, 2.05) is 4.90 Å². The number of alkyl halides is 4. The fourth-order valence-electron chi connectivity index (χ4n) is 9.62. The number of fused-ring (bicyclic) bond motifs is 6. The van der Waals surface area contributed by atoms with Crippen LogP contribution < -0.4 is 25.4 Å². The maximum Gasteiger partial charge on any atom is 0.418 e. The Morgan fingerprint density at radius 2 is 1.94 bits per heavy atom. The molecule has 5 atom stereocenters. The van der Waals surface area contributed by atoms with E-state index in [1.54, 1.807) is 0 Å². The number of nitrogens with two attached hydrogens (primary N) is 1. The second-order valence-electron chi connectivity index (χ2n) is 14.8. The zero-order valence-electron chi connectivity index (χ0n) is 26.3. The number of hydrogen-bond acceptors (Lipinski definition) is 9. The van der Waals surface area contributed by atoms with Crippen LogP contribution in [0.15, 0.2) is 6.07 Å². The molecule has 5 aliphatic heterocycles. The SMILES string of the molecule is Cc1cc(N)nc(-c2c(F)c3c4c(nc(OC[C@]56C[C@@H](F)CN5CC5(CCC5)C6)nc4c2F)N2CC4CCC(N4)C2CO3)c1C(F)(F)F. The lowest BCUT2D eigenvalue weighted by Gasteiger charge is -2.40. The Bertz CT molecular complexity index is 1850. The van der Waals surface area contributed by atoms with E-state index in [9.17, 15) is 17.6 Å². The van der Waals surface area contributed by atoms with Crippen LogP contribution in [0.5, 0.6) is 11.8 Å². The van der Waals surface area contributed by atoms with Gasteiger partial charge in [0.1, 0.15) is 36.5 Å². The van der Waals surface area contributed by atoms with Crippen molar-refractivity contribution >= 4 is 22.5 Å². The van der Waals surface area contributed by atoms with Gasteiger partial charge in [-0.2, -0.15) is 23.1 Å². The lowest BCUT2D eigenvalue weighted by atomic mass is 9.65. The van der Waals surface area contributed by atoms with E-state index in [1.165, 1.54) is 0 Å². The third-order valence-corrected chi connectivity index (χ3v) is 11.7. The molecule has 5 fully saturated rings. The highest BCUT2D eigenvalue weighted by molar-refractivity contribution is 5.99. The summed E-state index contributed by atoms with van der Waals surface area (Å²) < 4.78 is 104. The monoisotopic (exact) mass is 675 g/mol. The molecule has 1 saturated carbocycles. The number of halogens is 6. The average Bonchev–Trinajstić information content (AvgIpc) is 3.59. The highest BCUT2D eigenvalue weighted by Gasteiger charge is 2.60. The van der Waals surface area contributed by atoms with Crippen LogP contribution in [0.4, 0.5) is 38.0 Å². The normalized spacial score (nSPS) is 30.3. The number of rotatable bonds is 4. The molecule has 9 nitrogen and oxygen atoms in total. The second kappa shape index (κ2) is 10.2. The fraction of sp³-hybridized carbons (Fsp3) is 0.606. The van der Waals surface area contributed by atoms with Crippen molar-refractivity contribution in [3.8, 4) is 23.0 Å². The molecule has 2 bridgehead atoms. The molecule has 3 N–H and O–H groups in total. The summed E-state index contributed by atoms with van der Waals surface area (Å²) in [4.78, 5) is 17.0. The number of pyridine rings is 1. The highest BCUT2D eigenvalue weighted by atomic mass is 19.4. The predicted octanol–water partition coefficient (Wildman–Crippen LogP) is 5.32. The van der Waals surface area contributed by atoms with Crippen molar-refractivity contribution in [3.63, 3.8) is 0 Å². The number of nitrogens with one attached hydrogen (secondary N) is 1. The first kappa shape index (κ1) is 30.5. The molecule has 9 rings (SSSR count). The van der Waals surface area contributed by atoms with Gasteiger partial charge < -0.3 is 25.4 Å². The molecule has 2 aromatic heterocycles. The molecular formula is C33H35F6N7O2. The van der Waals surface area contributed by atoms with E-state index >= 15 is 8.78 Å². The van der Waals surface area contributed by atoms with Crippen LogP contribution in [-0.2, 0) is 6.18 Å². The van der Waals surface area contributed by atoms with E-state index in [0.717, 1.165) is 58.1 Å². The number of nitrogens with zero attached hydrogens (tertiary/aromatic N) is 5. The number of anilines is 2. The van der Waals surface area contributed by atoms with Gasteiger partial charge in [-0.15, -0.1) is 0 Å². The van der Waals surface area contributed by atoms with Gasteiger partial charge in [0.2, 0.25) is 0 Å². The molecule has 256 valence electrons. The van der Waals surface area contributed by atoms with Gasteiger partial charge in [0.05, 0.1) is 33.8 Å². The molecule has 6 aliphatic rings. The third-order valence-electron chi connectivity index (χ3n) is 11.7. The standard InChI is InChI=1S/C33H35F6N7O2/c1-15-7-20(40)42-26(23(15)33(37,38)39)21-24(35)27-22-28(25(21)36)47-11-19-18-4-3-17(41-18)10-46(19)29(22)44-30(43-27)48-14-32-8-16(34)9-45(32)13-31(12-32)5-2-6-31/h7,16-19,41H,2-6,8-14H2,1H3,(H2,40,42)/t16-,17?,18?,19?,32-/m1/s1. The van der Waals surface area contributed by atoms with Gasteiger partial charge in [-0.3, -0.25) is 4.90 Å². The van der Waals surface area contributed by atoms with Crippen molar-refractivity contribution in [1.29, 1.82) is 0 Å². The van der Waals surface area contributed by atoms with E-state index in [2.05, 4.69) is 20.2 Å². The summed E-state index contributed by atoms with van der Waals surface area (Å²) in [6.07, 6.45) is 0.0645. The minimum atomic E-state index is -5.00. The van der Waals surface area contributed by atoms with E-state index in [-0.39, 0.29) is 65.4 Å². The Labute approximate surface area is 272 Å². The van der Waals surface area contributed by atoms with Gasteiger partial charge in [-0.25, -0.2) is 18.2 Å². The summed E-state index contributed by atoms with van der Waals surface area (Å²) in [6.45, 7) is 2.76. The molecule has 3 aromatic rings. The Kier molecular flexibility index (Phi) is 6.49. The molecule has 7 heterocycles. The maximum atomic E-state index is 16.9. The van der Waals surface area contributed by atoms with Crippen LogP contribution >= 0.6 is 0 Å². The van der Waals surface area contributed by atoms with Crippen molar-refractivity contribution in [3.05, 3.63) is 28.8 Å². The summed E-state index contributed by atoms with van der Waals surface area (Å²) in [5.74, 6) is -3.30. The van der Waals surface area contributed by atoms with E-state index in [4.69, 9.17) is 20.2 Å². The average molecular weight is 676 g/mol. The van der Waals surface area contributed by atoms with E-state index in [0.29, 0.717) is 19.5 Å². The van der Waals surface area contributed by atoms with Gasteiger partial charge in [0.25, 0.3) is 0 Å². The number of aryl methyl sites for hydroxylation is 1. The third kappa shape index (κ3) is 4.41. The molecule has 3 unspecified atom stereocenters. The van der Waals surface area contributed by atoms with Crippen LogP contribution in [0.1, 0.15) is 56.1 Å². The lowest BCUT2D eigenvalue weighted by Crippen LogP contribution is -2.60. The number of aromatic nitrogens is 3. The topological polar surface area (TPSA) is 102 Å². The zero-order chi connectivity index (χ0) is 33.3. The molecule has 0 amide bonds. The molecule has 1 aromatic carbocycles. The first-order chi connectivity index (χ1) is 22.8. The lowest BCUT2D eigenvalue weighted by molar-refractivity contribution is -0.137. The van der Waals surface area contributed by atoms with Gasteiger partial charge in [0, 0.05) is 38.1 Å². The number of piperazine rings is 1. The first-order valence-electron chi connectivity index (χ1n) is 16.6. The number of ether oxygens (including phenoxy) is 2. The van der Waals surface area contributed by atoms with Crippen LogP contribution in [0.2, 0.25) is 0 Å². The highest BCUT2D eigenvalue weighted by Crippen LogP contribution is 2.57. The molecule has 4 saturated heterocycles. The minimum absolute atomic E-state index is 0.0262. The number of benzene rings is 1. The van der Waals surface area contributed by atoms with Crippen LogP contribution in [-0.4, -0.2) is 82.5 Å². The summed E-state index contributed by atoms with van der Waals surface area (Å²) in [7, 11) is 0. The van der Waals surface area contributed by atoms with Crippen molar-refractivity contribution < 1.29 is 35.8 Å². The Morgan fingerprint density at radius 3 is 2.69 bits per heavy atom. The Hall–Kier alpha value is -3.59. The summed E-state index contributed by atoms with van der Waals surface area (Å²) in [5, 5.41) is 3.46. The fourth-order valence-corrected chi connectivity index (χ4v) is 9.62. The Morgan fingerprint density at radius 1 is 1.12 bits per heavy atom. The smallest absolute Gasteiger partial charge is 0.418 e. The van der Waals surface area contributed by atoms with Crippen molar-refractivity contribution in [2.75, 3.05) is 43.5 Å². The summed E-state index contributed by atoms with van der Waals surface area (Å²) in [6, 6.07) is 0.543. The van der Waals surface area contributed by atoms with Crippen LogP contribution in [0, 0.1) is 24.0 Å². The predicted molar refractivity (Wildman–Crippen MR) is 164 cm³/mol. The van der Waals surface area contributed by atoms with Gasteiger partial charge in [-0.1, -0.05) is 6.42 Å². The molecule has 0 radical (unpaired) electrons. The Balaban J connectivity index is 1.22. The van der Waals surface area contributed by atoms with Crippen LogP contribution in [0.25, 0.3) is 22.2 Å². The van der Waals surface area contributed by atoms with Gasteiger partial charge in [-0.05, 0) is 56.1 Å². The quantitative estimate of drug-likeness (QED) is 0.356. The number of nitrogen functional groups attached to an aromatic ring is 1. The molecule has 15 heteroatoms. The van der Waals surface area contributed by atoms with Crippen molar-refractivity contribution in [1.82, 2.24) is 25.2 Å². The zero-order valence-corrected chi connectivity index (χ0v) is 26.3. The van der Waals surface area contributed by atoms with Gasteiger partial charge >= 0.3 is 12.2 Å². The van der Waals surface area contributed by atoms with E-state index < -0.39 is 57.6 Å².